The summed E-state index contributed by atoms with van der Waals surface area (Å²) < 4.78 is 0. The molecule has 3 rings (SSSR count). The van der Waals surface area contributed by atoms with Gasteiger partial charge in [0.1, 0.15) is 6.04 Å². The zero-order valence-electron chi connectivity index (χ0n) is 12.9. The van der Waals surface area contributed by atoms with Gasteiger partial charge in [-0.05, 0) is 43.2 Å². The normalized spacial score (nSPS) is 24.1. The first-order valence-corrected chi connectivity index (χ1v) is 8.37. The van der Waals surface area contributed by atoms with E-state index in [0.717, 1.165) is 18.5 Å². The van der Waals surface area contributed by atoms with Crippen molar-refractivity contribution >= 4 is 5.91 Å². The third-order valence-corrected chi connectivity index (χ3v) is 5.10. The van der Waals surface area contributed by atoms with Gasteiger partial charge in [0.05, 0.1) is 0 Å². The van der Waals surface area contributed by atoms with Gasteiger partial charge in [0, 0.05) is 12.6 Å². The van der Waals surface area contributed by atoms with Crippen LogP contribution in [0.15, 0.2) is 24.3 Å². The maximum atomic E-state index is 12.6. The summed E-state index contributed by atoms with van der Waals surface area (Å²) in [4.78, 5) is 12.6. The Labute approximate surface area is 127 Å². The fourth-order valence-corrected chi connectivity index (χ4v) is 3.80. The van der Waals surface area contributed by atoms with E-state index in [9.17, 15) is 4.79 Å². The molecule has 0 spiro atoms. The quantitative estimate of drug-likeness (QED) is 0.897. The van der Waals surface area contributed by atoms with Gasteiger partial charge in [0.2, 0.25) is 5.91 Å². The molecule has 3 nitrogen and oxygen atoms in total. The van der Waals surface area contributed by atoms with Crippen LogP contribution in [0.25, 0.3) is 0 Å². The van der Waals surface area contributed by atoms with E-state index in [0.29, 0.717) is 5.92 Å². The van der Waals surface area contributed by atoms with Crippen molar-refractivity contribution in [3.8, 4) is 0 Å². The molecule has 0 saturated heterocycles. The lowest BCUT2D eigenvalue weighted by Gasteiger charge is -2.31. The zero-order chi connectivity index (χ0) is 14.7. The number of hydrogen-bond donors (Lipinski definition) is 2. The number of amides is 1. The minimum absolute atomic E-state index is 0.139. The van der Waals surface area contributed by atoms with Crippen LogP contribution in [0, 0.1) is 5.92 Å². The largest absolute Gasteiger partial charge is 0.352 e. The molecule has 1 aromatic rings. The fraction of sp³-hybridized carbons (Fsp3) is 0.611. The summed E-state index contributed by atoms with van der Waals surface area (Å²) in [6.45, 7) is 3.05. The number of fused-ring (bicyclic) bond motifs is 1. The van der Waals surface area contributed by atoms with E-state index >= 15 is 0 Å². The van der Waals surface area contributed by atoms with Crippen molar-refractivity contribution in [1.29, 1.82) is 0 Å². The molecule has 1 heterocycles. The van der Waals surface area contributed by atoms with E-state index in [-0.39, 0.29) is 18.0 Å². The molecule has 2 aliphatic rings. The molecule has 1 fully saturated rings. The number of carbonyl (C=O) groups is 1. The van der Waals surface area contributed by atoms with Crippen LogP contribution in [0.4, 0.5) is 0 Å². The fourth-order valence-electron chi connectivity index (χ4n) is 3.80. The van der Waals surface area contributed by atoms with E-state index in [4.69, 9.17) is 0 Å². The predicted octanol–water partition coefficient (Wildman–Crippen LogP) is 2.96. The molecule has 1 aliphatic heterocycles. The second-order valence-electron chi connectivity index (χ2n) is 6.53. The van der Waals surface area contributed by atoms with Crippen molar-refractivity contribution in [3.05, 3.63) is 35.4 Å². The second kappa shape index (κ2) is 6.61. The monoisotopic (exact) mass is 286 g/mol. The lowest BCUT2D eigenvalue weighted by Crippen LogP contribution is -2.46. The minimum Gasteiger partial charge on any atom is -0.352 e. The van der Waals surface area contributed by atoms with E-state index in [1.165, 1.54) is 37.7 Å². The average molecular weight is 286 g/mol. The summed E-state index contributed by atoms with van der Waals surface area (Å²) in [5.41, 5.74) is 2.46. The van der Waals surface area contributed by atoms with E-state index in [1.807, 2.05) is 6.07 Å². The molecule has 2 atom stereocenters. The van der Waals surface area contributed by atoms with Crippen LogP contribution in [-0.4, -0.2) is 18.5 Å². The molecule has 21 heavy (non-hydrogen) atoms. The highest BCUT2D eigenvalue weighted by molar-refractivity contribution is 5.84. The summed E-state index contributed by atoms with van der Waals surface area (Å²) in [6.07, 6.45) is 7.52. The maximum absolute atomic E-state index is 12.6. The zero-order valence-corrected chi connectivity index (χ0v) is 12.9. The summed E-state index contributed by atoms with van der Waals surface area (Å²) in [5, 5.41) is 6.63. The third-order valence-electron chi connectivity index (χ3n) is 5.10. The minimum atomic E-state index is -0.180. The van der Waals surface area contributed by atoms with Crippen molar-refractivity contribution < 1.29 is 4.79 Å². The molecule has 3 heteroatoms. The Morgan fingerprint density at radius 2 is 2.00 bits per heavy atom. The molecule has 1 amide bonds. The van der Waals surface area contributed by atoms with Crippen molar-refractivity contribution in [2.75, 3.05) is 6.54 Å². The Bertz CT molecular complexity index is 494. The van der Waals surface area contributed by atoms with Crippen molar-refractivity contribution in [3.63, 3.8) is 0 Å². The highest BCUT2D eigenvalue weighted by Crippen LogP contribution is 2.27. The third kappa shape index (κ3) is 3.29. The molecular formula is C18H26N2O. The van der Waals surface area contributed by atoms with Crippen molar-refractivity contribution in [1.82, 2.24) is 10.6 Å². The molecule has 1 saturated carbocycles. The molecule has 2 N–H and O–H groups in total. The number of rotatable bonds is 3. The number of carbonyl (C=O) groups excluding carboxylic acids is 1. The van der Waals surface area contributed by atoms with Gasteiger partial charge >= 0.3 is 0 Å². The van der Waals surface area contributed by atoms with E-state index in [2.05, 4.69) is 35.8 Å². The molecule has 114 valence electrons. The van der Waals surface area contributed by atoms with Crippen LogP contribution >= 0.6 is 0 Å². The Balaban J connectivity index is 1.66. The van der Waals surface area contributed by atoms with Gasteiger partial charge in [0.25, 0.3) is 0 Å². The predicted molar refractivity (Wildman–Crippen MR) is 85.1 cm³/mol. The second-order valence-corrected chi connectivity index (χ2v) is 6.53. The molecule has 0 radical (unpaired) electrons. The van der Waals surface area contributed by atoms with Gasteiger partial charge in [-0.15, -0.1) is 0 Å². The summed E-state index contributed by atoms with van der Waals surface area (Å²) in [7, 11) is 0. The SMILES string of the molecule is C[C@H](NC(=O)C1NCCc2ccccc21)C1CCCCC1. The maximum Gasteiger partial charge on any atom is 0.241 e. The van der Waals surface area contributed by atoms with Gasteiger partial charge in [-0.1, -0.05) is 43.5 Å². The highest BCUT2D eigenvalue weighted by Gasteiger charge is 2.28. The molecule has 1 aromatic carbocycles. The van der Waals surface area contributed by atoms with E-state index < -0.39 is 0 Å². The molecule has 1 aliphatic carbocycles. The van der Waals surface area contributed by atoms with Crippen LogP contribution in [0.2, 0.25) is 0 Å². The Morgan fingerprint density at radius 3 is 2.81 bits per heavy atom. The first-order chi connectivity index (χ1) is 10.3. The van der Waals surface area contributed by atoms with Crippen LogP contribution in [0.3, 0.4) is 0 Å². The van der Waals surface area contributed by atoms with Gasteiger partial charge < -0.3 is 10.6 Å². The van der Waals surface area contributed by atoms with Crippen LogP contribution in [0.1, 0.15) is 56.2 Å². The topological polar surface area (TPSA) is 41.1 Å². The summed E-state index contributed by atoms with van der Waals surface area (Å²) >= 11 is 0. The van der Waals surface area contributed by atoms with Crippen LogP contribution in [0.5, 0.6) is 0 Å². The van der Waals surface area contributed by atoms with Gasteiger partial charge in [0.15, 0.2) is 0 Å². The Hall–Kier alpha value is -1.35. The van der Waals surface area contributed by atoms with Gasteiger partial charge in [-0.2, -0.15) is 0 Å². The first kappa shape index (κ1) is 14.6. The number of benzene rings is 1. The summed E-state index contributed by atoms with van der Waals surface area (Å²) in [5.74, 6) is 0.793. The molecule has 0 bridgehead atoms. The molecule has 1 unspecified atom stereocenters. The molecule has 0 aromatic heterocycles. The first-order valence-electron chi connectivity index (χ1n) is 8.37. The van der Waals surface area contributed by atoms with Crippen LogP contribution in [-0.2, 0) is 11.2 Å². The van der Waals surface area contributed by atoms with Gasteiger partial charge in [-0.3, -0.25) is 4.79 Å². The lowest BCUT2D eigenvalue weighted by atomic mass is 9.84. The van der Waals surface area contributed by atoms with Gasteiger partial charge in [-0.25, -0.2) is 0 Å². The van der Waals surface area contributed by atoms with E-state index in [1.54, 1.807) is 0 Å². The average Bonchev–Trinajstić information content (AvgIpc) is 2.55. The highest BCUT2D eigenvalue weighted by atomic mass is 16.2. The van der Waals surface area contributed by atoms with Crippen molar-refractivity contribution in [2.45, 2.75) is 57.5 Å². The number of hydrogen-bond acceptors (Lipinski definition) is 2. The summed E-state index contributed by atoms with van der Waals surface area (Å²) in [6, 6.07) is 8.41. The standard InChI is InChI=1S/C18H26N2O/c1-13(14-7-3-2-4-8-14)20-18(21)17-16-10-6-5-9-15(16)11-12-19-17/h5-6,9-10,13-14,17,19H,2-4,7-8,11-12H2,1H3,(H,20,21)/t13-,17?/m0/s1. The van der Waals surface area contributed by atoms with Crippen LogP contribution < -0.4 is 10.6 Å². The smallest absolute Gasteiger partial charge is 0.241 e. The lowest BCUT2D eigenvalue weighted by molar-refractivity contribution is -0.124. The number of nitrogens with one attached hydrogen (secondary N) is 2. The van der Waals surface area contributed by atoms with Crippen molar-refractivity contribution in [2.24, 2.45) is 5.92 Å². The Kier molecular flexibility index (Phi) is 4.59. The Morgan fingerprint density at radius 1 is 1.24 bits per heavy atom. The molecular weight excluding hydrogens is 260 g/mol.